The average Bonchev–Trinajstić information content (AvgIpc) is 2.59. The largest absolute Gasteiger partial charge is 0.481 e. The molecule has 0 aliphatic rings. The third-order valence-electron chi connectivity index (χ3n) is 3.92. The predicted molar refractivity (Wildman–Crippen MR) is 90.7 cm³/mol. The van der Waals surface area contributed by atoms with Gasteiger partial charge in [-0.25, -0.2) is 0 Å². The Morgan fingerprint density at radius 3 is 2.00 bits per heavy atom. The molecule has 0 aromatic heterocycles. The van der Waals surface area contributed by atoms with E-state index in [-0.39, 0.29) is 31.6 Å². The molecule has 0 fully saturated rings. The van der Waals surface area contributed by atoms with Gasteiger partial charge >= 0.3 is 11.9 Å². The smallest absolute Gasteiger partial charge is 0.303 e. The number of carboxylic acids is 2. The number of hydrogen-bond acceptors (Lipinski definition) is 6. The zero-order chi connectivity index (χ0) is 20.3. The van der Waals surface area contributed by atoms with Crippen LogP contribution in [0.2, 0.25) is 0 Å². The average molecular weight is 372 g/mol. The highest BCUT2D eigenvalue weighted by Gasteiger charge is 2.27. The molecule has 1 radical (unpaired) electrons. The van der Waals surface area contributed by atoms with Crippen LogP contribution in [0.25, 0.3) is 0 Å². The lowest BCUT2D eigenvalue weighted by atomic mass is 9.99. The van der Waals surface area contributed by atoms with Gasteiger partial charge in [0.2, 0.25) is 18.1 Å². The molecule has 0 bridgehead atoms. The number of aliphatic carboxylic acids is 2. The molecule has 0 aliphatic heterocycles. The van der Waals surface area contributed by atoms with Crippen LogP contribution in [0.15, 0.2) is 0 Å². The molecule has 0 spiro atoms. The number of carbonyl (C=O) groups excluding carboxylic acids is 3. The fraction of sp³-hybridized carbons (Fsp3) is 0.688. The topological polar surface area (TPSA) is 176 Å². The highest BCUT2D eigenvalue weighted by atomic mass is 16.4. The number of carboxylic acid groups (broad SMARTS) is 2. The molecule has 10 heteroatoms. The van der Waals surface area contributed by atoms with Gasteiger partial charge in [-0.3, -0.25) is 24.0 Å². The van der Waals surface area contributed by atoms with Crippen LogP contribution >= 0.6 is 0 Å². The molecule has 0 unspecified atom stereocenters. The van der Waals surface area contributed by atoms with Crippen LogP contribution in [0.5, 0.6) is 0 Å². The zero-order valence-corrected chi connectivity index (χ0v) is 14.9. The number of nitrogens with two attached hydrogens (primary N) is 1. The molecular weight excluding hydrogens is 346 g/mol. The van der Waals surface area contributed by atoms with Gasteiger partial charge in [-0.2, -0.15) is 0 Å². The Morgan fingerprint density at radius 2 is 1.54 bits per heavy atom. The van der Waals surface area contributed by atoms with Crippen LogP contribution < -0.4 is 16.4 Å². The van der Waals surface area contributed by atoms with Crippen LogP contribution in [0.1, 0.15) is 46.0 Å². The van der Waals surface area contributed by atoms with Crippen molar-refractivity contribution in [1.82, 2.24) is 10.6 Å². The molecule has 0 saturated heterocycles. The Kier molecular flexibility index (Phi) is 10.8. The molecule has 2 amide bonds. The summed E-state index contributed by atoms with van der Waals surface area (Å²) >= 11 is 0. The Morgan fingerprint density at radius 1 is 1.00 bits per heavy atom. The normalized spacial score (nSPS) is 15.2. The maximum Gasteiger partial charge on any atom is 0.303 e. The van der Waals surface area contributed by atoms with E-state index in [4.69, 9.17) is 15.9 Å². The summed E-state index contributed by atoms with van der Waals surface area (Å²) in [6.45, 7) is 3.56. The summed E-state index contributed by atoms with van der Waals surface area (Å²) in [7, 11) is 0. The van der Waals surface area contributed by atoms with Gasteiger partial charge in [-0.1, -0.05) is 20.3 Å². The quantitative estimate of drug-likeness (QED) is 0.278. The molecule has 0 saturated carbocycles. The standard InChI is InChI=1S/C16H26N3O7/c1-3-9(2)12(8-20)19-16(26)11(5-7-14(23)24)18-15(25)10(17)4-6-13(21)22/h9-12H,3-7,17H2,1-2H3,(H,18,25)(H,19,26)(H,21,22)(H,23,24)/t9-,10-,11-,12+/m0/s1. The van der Waals surface area contributed by atoms with Gasteiger partial charge in [-0.05, 0) is 18.8 Å². The molecule has 147 valence electrons. The Bertz CT molecular complexity index is 524. The lowest BCUT2D eigenvalue weighted by molar-refractivity contribution is -0.139. The molecule has 0 aromatic carbocycles. The number of hydrogen-bond donors (Lipinski definition) is 5. The summed E-state index contributed by atoms with van der Waals surface area (Å²) < 4.78 is 0. The third-order valence-corrected chi connectivity index (χ3v) is 3.92. The molecule has 4 atom stereocenters. The molecule has 0 aromatic rings. The number of rotatable bonds is 13. The first kappa shape index (κ1) is 23.5. The molecule has 0 aliphatic carbocycles. The Labute approximate surface area is 151 Å². The van der Waals surface area contributed by atoms with Gasteiger partial charge in [0, 0.05) is 12.8 Å². The van der Waals surface area contributed by atoms with E-state index in [1.54, 1.807) is 13.2 Å². The minimum absolute atomic E-state index is 0.133. The number of amides is 2. The van der Waals surface area contributed by atoms with E-state index in [0.29, 0.717) is 6.42 Å². The molecule has 6 N–H and O–H groups in total. The summed E-state index contributed by atoms with van der Waals surface area (Å²) in [6, 6.07) is -3.26. The third kappa shape index (κ3) is 9.11. The van der Waals surface area contributed by atoms with E-state index in [1.165, 1.54) is 0 Å². The molecule has 26 heavy (non-hydrogen) atoms. The minimum atomic E-state index is -1.21. The van der Waals surface area contributed by atoms with Gasteiger partial charge < -0.3 is 26.6 Å². The van der Waals surface area contributed by atoms with Crippen molar-refractivity contribution >= 4 is 30.0 Å². The van der Waals surface area contributed by atoms with E-state index >= 15 is 0 Å². The Balaban J connectivity index is 4.99. The lowest BCUT2D eigenvalue weighted by Gasteiger charge is -2.23. The second-order valence-electron chi connectivity index (χ2n) is 6.02. The monoisotopic (exact) mass is 372 g/mol. The van der Waals surface area contributed by atoms with Crippen molar-refractivity contribution in [2.75, 3.05) is 0 Å². The van der Waals surface area contributed by atoms with Crippen LogP contribution in [-0.2, 0) is 24.0 Å². The summed E-state index contributed by atoms with van der Waals surface area (Å²) in [5, 5.41) is 22.1. The van der Waals surface area contributed by atoms with Gasteiger partial charge in [0.25, 0.3) is 0 Å². The fourth-order valence-corrected chi connectivity index (χ4v) is 2.00. The van der Waals surface area contributed by atoms with Crippen molar-refractivity contribution in [2.24, 2.45) is 11.7 Å². The fourth-order valence-electron chi connectivity index (χ4n) is 2.00. The van der Waals surface area contributed by atoms with Crippen molar-refractivity contribution < 1.29 is 34.2 Å². The summed E-state index contributed by atoms with van der Waals surface area (Å²) in [4.78, 5) is 56.7. The van der Waals surface area contributed by atoms with Crippen LogP contribution in [-0.4, -0.2) is 58.4 Å². The minimum Gasteiger partial charge on any atom is -0.481 e. The van der Waals surface area contributed by atoms with Crippen LogP contribution in [0.3, 0.4) is 0 Å². The first-order chi connectivity index (χ1) is 12.1. The first-order valence-corrected chi connectivity index (χ1v) is 8.29. The maximum absolute atomic E-state index is 12.3. The van der Waals surface area contributed by atoms with Gasteiger partial charge in [0.1, 0.15) is 6.04 Å². The van der Waals surface area contributed by atoms with E-state index in [2.05, 4.69) is 10.6 Å². The molecule has 0 heterocycles. The number of carbonyl (C=O) groups is 4. The highest BCUT2D eigenvalue weighted by molar-refractivity contribution is 5.91. The van der Waals surface area contributed by atoms with Crippen molar-refractivity contribution in [3.8, 4) is 0 Å². The van der Waals surface area contributed by atoms with Gasteiger partial charge in [0.15, 0.2) is 0 Å². The van der Waals surface area contributed by atoms with E-state index < -0.39 is 41.9 Å². The highest BCUT2D eigenvalue weighted by Crippen LogP contribution is 2.07. The van der Waals surface area contributed by atoms with E-state index in [1.807, 2.05) is 6.92 Å². The van der Waals surface area contributed by atoms with Crippen molar-refractivity contribution in [3.05, 3.63) is 0 Å². The van der Waals surface area contributed by atoms with Crippen LogP contribution in [0, 0.1) is 5.92 Å². The Hall–Kier alpha value is -2.49. The first-order valence-electron chi connectivity index (χ1n) is 8.29. The van der Waals surface area contributed by atoms with Crippen molar-refractivity contribution in [3.63, 3.8) is 0 Å². The SMILES string of the molecule is CC[C@H](C)[C@@H]([C]=O)NC(=O)[C@H](CCC(=O)O)NC(=O)[C@@H](N)CCC(=O)O. The molecular formula is C16H26N3O7. The van der Waals surface area contributed by atoms with Gasteiger partial charge in [-0.15, -0.1) is 0 Å². The zero-order valence-electron chi connectivity index (χ0n) is 14.9. The summed E-state index contributed by atoms with van der Waals surface area (Å²) in [6.07, 6.45) is 1.27. The van der Waals surface area contributed by atoms with E-state index in [0.717, 1.165) is 0 Å². The maximum atomic E-state index is 12.3. The second-order valence-corrected chi connectivity index (χ2v) is 6.02. The molecule has 10 nitrogen and oxygen atoms in total. The second kappa shape index (κ2) is 12.0. The van der Waals surface area contributed by atoms with Crippen LogP contribution in [0.4, 0.5) is 0 Å². The predicted octanol–water partition coefficient (Wildman–Crippen LogP) is -0.831. The summed E-state index contributed by atoms with van der Waals surface area (Å²) in [5.74, 6) is -3.96. The van der Waals surface area contributed by atoms with Crippen molar-refractivity contribution in [2.45, 2.75) is 64.1 Å². The van der Waals surface area contributed by atoms with Crippen molar-refractivity contribution in [1.29, 1.82) is 0 Å². The number of nitrogens with one attached hydrogen (secondary N) is 2. The molecule has 0 rings (SSSR count). The summed E-state index contributed by atoms with van der Waals surface area (Å²) in [5.41, 5.74) is 5.58. The lowest BCUT2D eigenvalue weighted by Crippen LogP contribution is -2.54. The van der Waals surface area contributed by atoms with E-state index in [9.17, 15) is 24.0 Å². The van der Waals surface area contributed by atoms with Gasteiger partial charge in [0.05, 0.1) is 12.1 Å².